The second-order valence-corrected chi connectivity index (χ2v) is 5.23. The van der Waals surface area contributed by atoms with Crippen molar-refractivity contribution in [3.05, 3.63) is 59.7 Å². The smallest absolute Gasteiger partial charge is 0.261 e. The molecule has 0 saturated heterocycles. The third-order valence-electron chi connectivity index (χ3n) is 3.37. The molecule has 0 bridgehead atoms. The number of benzene rings is 2. The predicted octanol–water partition coefficient (Wildman–Crippen LogP) is 3.26. The molecule has 28 heavy (non-hydrogen) atoms. The van der Waals surface area contributed by atoms with E-state index in [0.29, 0.717) is 12.1 Å². The predicted molar refractivity (Wildman–Crippen MR) is 102 cm³/mol. The summed E-state index contributed by atoms with van der Waals surface area (Å²) < 4.78 is 14.8. The normalized spacial score (nSPS) is 8.93. The summed E-state index contributed by atoms with van der Waals surface area (Å²) in [5.41, 5.74) is 1.94. The molecule has 6 nitrogen and oxygen atoms in total. The van der Waals surface area contributed by atoms with Gasteiger partial charge in [0, 0.05) is 32.7 Å². The SMILES string of the molecule is COc1ccc(CC[B]C(=O)OCc2ccc(O[C-]=O)cc2)cc1.C[C-]=O.[Y]. The Balaban J connectivity index is 0.00000171. The van der Waals surface area contributed by atoms with E-state index in [2.05, 4.69) is 4.74 Å². The number of ether oxygens (including phenoxy) is 3. The van der Waals surface area contributed by atoms with E-state index in [1.54, 1.807) is 31.4 Å². The maximum Gasteiger partial charge on any atom is 0.261 e. The first kappa shape index (κ1) is 26.0. The van der Waals surface area contributed by atoms with Crippen LogP contribution in [-0.2, 0) is 60.1 Å². The number of rotatable bonds is 9. The molecule has 0 aliphatic carbocycles. The van der Waals surface area contributed by atoms with Gasteiger partial charge in [-0.05, 0) is 35.4 Å². The Morgan fingerprint density at radius 2 is 1.50 bits per heavy atom. The molecule has 0 atom stereocenters. The number of hydrogen-bond donors (Lipinski definition) is 0. The first-order chi connectivity index (χ1) is 13.1. The average molecular weight is 456 g/mol. The zero-order valence-corrected chi connectivity index (χ0v) is 18.7. The van der Waals surface area contributed by atoms with Crippen LogP contribution >= 0.6 is 0 Å². The Morgan fingerprint density at radius 3 is 2.04 bits per heavy atom. The molecule has 2 rings (SSSR count). The maximum atomic E-state index is 11.7. The molecule has 0 aliphatic heterocycles. The molecule has 0 aliphatic rings. The second-order valence-electron chi connectivity index (χ2n) is 5.23. The van der Waals surface area contributed by atoms with Crippen LogP contribution in [0, 0.1) is 0 Å². The zero-order chi connectivity index (χ0) is 19.9. The van der Waals surface area contributed by atoms with Crippen LogP contribution in [0.5, 0.6) is 11.5 Å². The van der Waals surface area contributed by atoms with E-state index in [9.17, 15) is 9.59 Å². The Labute approximate surface area is 191 Å². The van der Waals surface area contributed by atoms with E-state index in [0.717, 1.165) is 23.3 Å². The van der Waals surface area contributed by atoms with Gasteiger partial charge in [0.15, 0.2) is 6.47 Å². The van der Waals surface area contributed by atoms with Gasteiger partial charge in [-0.15, -0.1) is 12.1 Å². The minimum Gasteiger partial charge on any atom is -0.610 e. The van der Waals surface area contributed by atoms with Crippen molar-refractivity contribution in [2.45, 2.75) is 26.3 Å². The van der Waals surface area contributed by atoms with Gasteiger partial charge in [0.05, 0.1) is 7.11 Å². The fourth-order valence-corrected chi connectivity index (χ4v) is 2.06. The summed E-state index contributed by atoms with van der Waals surface area (Å²) in [6.45, 7) is 2.84. The van der Waals surface area contributed by atoms with E-state index >= 15 is 0 Å². The second kappa shape index (κ2) is 16.0. The Kier molecular flexibility index (Phi) is 14.9. The summed E-state index contributed by atoms with van der Waals surface area (Å²) in [6.07, 6.45) is 2.86. The van der Waals surface area contributed by atoms with Crippen molar-refractivity contribution in [1.82, 2.24) is 0 Å². The van der Waals surface area contributed by atoms with Crippen molar-refractivity contribution in [2.24, 2.45) is 0 Å². The maximum absolute atomic E-state index is 11.7. The molecule has 0 fully saturated rings. The van der Waals surface area contributed by atoms with Crippen molar-refractivity contribution in [1.29, 1.82) is 0 Å². The third kappa shape index (κ3) is 11.0. The largest absolute Gasteiger partial charge is 0.610 e. The Hall–Kier alpha value is -1.98. The molecule has 2 aromatic carbocycles. The van der Waals surface area contributed by atoms with Crippen LogP contribution in [0.1, 0.15) is 18.1 Å². The van der Waals surface area contributed by atoms with Gasteiger partial charge in [0.1, 0.15) is 12.4 Å². The Bertz CT molecular complexity index is 704. The van der Waals surface area contributed by atoms with Gasteiger partial charge >= 0.3 is 0 Å². The molecule has 0 N–H and O–H groups in total. The van der Waals surface area contributed by atoms with E-state index < -0.39 is 0 Å². The molecule has 0 heterocycles. The van der Waals surface area contributed by atoms with Gasteiger partial charge in [-0.2, -0.15) is 6.92 Å². The van der Waals surface area contributed by atoms with Crippen molar-refractivity contribution in [2.75, 3.05) is 7.11 Å². The van der Waals surface area contributed by atoms with E-state index in [4.69, 9.17) is 14.3 Å². The van der Waals surface area contributed by atoms with Crippen LogP contribution in [0.3, 0.4) is 0 Å². The fraction of sp³-hybridized carbons (Fsp3) is 0.250. The molecular formula is C20H20BO6Y-2. The molecule has 0 unspecified atom stereocenters. The van der Waals surface area contributed by atoms with E-state index in [-0.39, 0.29) is 45.2 Å². The van der Waals surface area contributed by atoms with Crippen molar-refractivity contribution in [3.63, 3.8) is 0 Å². The van der Waals surface area contributed by atoms with Gasteiger partial charge in [-0.1, -0.05) is 30.6 Å². The summed E-state index contributed by atoms with van der Waals surface area (Å²) in [5.74, 6) is 0.848. The minimum atomic E-state index is -0.356. The molecule has 0 saturated carbocycles. The Morgan fingerprint density at radius 1 is 0.964 bits per heavy atom. The monoisotopic (exact) mass is 456 g/mol. The van der Waals surface area contributed by atoms with E-state index in [1.807, 2.05) is 24.3 Å². The van der Waals surface area contributed by atoms with Crippen molar-refractivity contribution < 1.29 is 61.3 Å². The van der Waals surface area contributed by atoms with Crippen LogP contribution in [0.25, 0.3) is 0 Å². The summed E-state index contributed by atoms with van der Waals surface area (Å²) in [5, 5.41) is 0. The number of methoxy groups -OCH3 is 1. The number of aryl methyl sites for hydroxylation is 1. The van der Waals surface area contributed by atoms with Crippen LogP contribution in [0.4, 0.5) is 4.79 Å². The van der Waals surface area contributed by atoms with Crippen LogP contribution in [-0.4, -0.2) is 33.0 Å². The van der Waals surface area contributed by atoms with Crippen molar-refractivity contribution >= 4 is 25.9 Å². The molecule has 0 amide bonds. The molecule has 144 valence electrons. The van der Waals surface area contributed by atoms with Crippen LogP contribution < -0.4 is 9.47 Å². The molecule has 8 heteroatoms. The minimum absolute atomic E-state index is 0. The van der Waals surface area contributed by atoms with Crippen LogP contribution in [0.15, 0.2) is 48.5 Å². The standard InChI is InChI=1S/C18H17BO5.C2H3O.Y/c1-22-16-6-2-14(3-7-16)10-11-19-18(21)23-12-15-4-8-17(9-5-15)24-13-20;1-2-3;/h2-9H,10-12H2,1H3;1H3;/q2*-1;. The third-order valence-corrected chi connectivity index (χ3v) is 3.37. The first-order valence-electron chi connectivity index (χ1n) is 8.17. The molecule has 2 radical (unpaired) electrons. The summed E-state index contributed by atoms with van der Waals surface area (Å²) in [4.78, 5) is 30.5. The molecule has 0 spiro atoms. The van der Waals surface area contributed by atoms with Gasteiger partial charge in [0.25, 0.3) is 7.28 Å². The summed E-state index contributed by atoms with van der Waals surface area (Å²) >= 11 is 0. The van der Waals surface area contributed by atoms with E-state index in [1.165, 1.54) is 27.0 Å². The van der Waals surface area contributed by atoms with Gasteiger partial charge in [-0.3, -0.25) is 11.1 Å². The quantitative estimate of drug-likeness (QED) is 0.426. The number of carbonyl (C=O) groups excluding carboxylic acids is 3. The molecule has 0 aromatic heterocycles. The number of carbonyl (C=O) groups is 1. The van der Waals surface area contributed by atoms with Gasteiger partial charge < -0.3 is 23.8 Å². The number of hydrogen-bond acceptors (Lipinski definition) is 6. The van der Waals surface area contributed by atoms with Gasteiger partial charge in [-0.25, -0.2) is 0 Å². The van der Waals surface area contributed by atoms with Crippen LogP contribution in [0.2, 0.25) is 6.32 Å². The first-order valence-corrected chi connectivity index (χ1v) is 8.17. The van der Waals surface area contributed by atoms with Gasteiger partial charge in [0.2, 0.25) is 5.87 Å². The summed E-state index contributed by atoms with van der Waals surface area (Å²) in [7, 11) is 3.16. The zero-order valence-electron chi connectivity index (χ0n) is 15.8. The molecular weight excluding hydrogens is 436 g/mol. The topological polar surface area (TPSA) is 78.9 Å². The molecule has 2 aromatic rings. The summed E-state index contributed by atoms with van der Waals surface area (Å²) in [6, 6.07) is 14.4. The van der Waals surface area contributed by atoms with Crippen molar-refractivity contribution in [3.8, 4) is 11.5 Å². The fourth-order valence-electron chi connectivity index (χ4n) is 2.06. The average Bonchev–Trinajstić information content (AvgIpc) is 2.69.